The lowest BCUT2D eigenvalue weighted by molar-refractivity contribution is -0.139. The molecule has 0 aliphatic carbocycles. The third-order valence-electron chi connectivity index (χ3n) is 6.60. The summed E-state index contributed by atoms with van der Waals surface area (Å²) < 4.78 is 34.6. The molecule has 0 radical (unpaired) electrons. The fraction of sp³-hybridized carbons (Fsp3) is 0.355. The van der Waals surface area contributed by atoms with Crippen LogP contribution in [0.15, 0.2) is 77.7 Å². The molecular formula is C31H38ClN3O5S. The molecule has 0 saturated heterocycles. The Hall–Kier alpha value is -3.56. The Morgan fingerprint density at radius 2 is 1.66 bits per heavy atom. The Morgan fingerprint density at radius 3 is 2.24 bits per heavy atom. The monoisotopic (exact) mass is 599 g/mol. The maximum absolute atomic E-state index is 14.1. The standard InChI is InChI=1S/C31H38ClN3O5S/c1-6-27(31(37)33-22(2)3)34(19-18-24-10-8-7-9-11-24)30(36)21-35(28-20-25(32)14-17-29(28)40-5)41(38,39)26-15-12-23(4)13-16-26/h7-17,20,22,27H,6,18-19,21H2,1-5H3,(H,33,37)/t27-/m0/s1. The number of hydrogen-bond acceptors (Lipinski definition) is 5. The van der Waals surface area contributed by atoms with E-state index in [0.29, 0.717) is 12.8 Å². The summed E-state index contributed by atoms with van der Waals surface area (Å²) in [4.78, 5) is 28.8. The van der Waals surface area contributed by atoms with Crippen molar-refractivity contribution >= 4 is 39.1 Å². The van der Waals surface area contributed by atoms with Gasteiger partial charge < -0.3 is 15.0 Å². The van der Waals surface area contributed by atoms with E-state index in [0.717, 1.165) is 15.4 Å². The van der Waals surface area contributed by atoms with Crippen LogP contribution in [0.3, 0.4) is 0 Å². The lowest BCUT2D eigenvalue weighted by atomic mass is 10.1. The summed E-state index contributed by atoms with van der Waals surface area (Å²) in [5.74, 6) is -0.583. The first-order valence-corrected chi connectivity index (χ1v) is 15.4. The van der Waals surface area contributed by atoms with Crippen LogP contribution >= 0.6 is 11.6 Å². The summed E-state index contributed by atoms with van der Waals surface area (Å²) in [6.45, 7) is 7.04. The predicted octanol–water partition coefficient (Wildman–Crippen LogP) is 5.23. The molecule has 1 atom stereocenters. The lowest BCUT2D eigenvalue weighted by Gasteiger charge is -2.34. The largest absolute Gasteiger partial charge is 0.495 e. The van der Waals surface area contributed by atoms with Crippen molar-refractivity contribution in [1.29, 1.82) is 0 Å². The fourth-order valence-electron chi connectivity index (χ4n) is 4.49. The van der Waals surface area contributed by atoms with Crippen LogP contribution in [0.4, 0.5) is 5.69 Å². The van der Waals surface area contributed by atoms with E-state index in [1.54, 1.807) is 24.3 Å². The number of methoxy groups -OCH3 is 1. The van der Waals surface area contributed by atoms with Gasteiger partial charge in [0.25, 0.3) is 10.0 Å². The van der Waals surface area contributed by atoms with Crippen molar-refractivity contribution in [2.24, 2.45) is 0 Å². The average molecular weight is 600 g/mol. The van der Waals surface area contributed by atoms with Crippen molar-refractivity contribution in [3.8, 4) is 5.75 Å². The van der Waals surface area contributed by atoms with Gasteiger partial charge in [-0.15, -0.1) is 0 Å². The zero-order chi connectivity index (χ0) is 30.2. The average Bonchev–Trinajstić information content (AvgIpc) is 2.94. The third kappa shape index (κ3) is 8.24. The molecule has 0 aliphatic rings. The Bertz CT molecular complexity index is 1430. The SMILES string of the molecule is CC[C@@H](C(=O)NC(C)C)N(CCc1ccccc1)C(=O)CN(c1cc(Cl)ccc1OC)S(=O)(=O)c1ccc(C)cc1. The Labute approximate surface area is 248 Å². The van der Waals surface area contributed by atoms with Crippen molar-refractivity contribution in [3.05, 3.63) is 88.9 Å². The molecule has 0 fully saturated rings. The summed E-state index contributed by atoms with van der Waals surface area (Å²) in [6.07, 6.45) is 0.841. The molecule has 10 heteroatoms. The first kappa shape index (κ1) is 32.0. The summed E-state index contributed by atoms with van der Waals surface area (Å²) >= 11 is 6.29. The van der Waals surface area contributed by atoms with Crippen LogP contribution in [-0.2, 0) is 26.0 Å². The van der Waals surface area contributed by atoms with Crippen molar-refractivity contribution in [3.63, 3.8) is 0 Å². The van der Waals surface area contributed by atoms with Crippen LogP contribution < -0.4 is 14.4 Å². The maximum atomic E-state index is 14.1. The van der Waals surface area contributed by atoms with Gasteiger partial charge in [0, 0.05) is 17.6 Å². The van der Waals surface area contributed by atoms with Gasteiger partial charge in [0.15, 0.2) is 0 Å². The number of sulfonamides is 1. The van der Waals surface area contributed by atoms with Crippen LogP contribution in [0.25, 0.3) is 0 Å². The van der Waals surface area contributed by atoms with Gasteiger partial charge in [0.1, 0.15) is 18.3 Å². The Kier molecular flexibility index (Phi) is 11.2. The molecule has 0 heterocycles. The highest BCUT2D eigenvalue weighted by atomic mass is 35.5. The number of nitrogens with zero attached hydrogens (tertiary/aromatic N) is 2. The minimum atomic E-state index is -4.24. The minimum Gasteiger partial charge on any atom is -0.495 e. The van der Waals surface area contributed by atoms with Crippen LogP contribution in [0.1, 0.15) is 38.3 Å². The molecule has 1 N–H and O–H groups in total. The Morgan fingerprint density at radius 1 is 1.00 bits per heavy atom. The summed E-state index contributed by atoms with van der Waals surface area (Å²) in [5, 5.41) is 3.18. The van der Waals surface area contributed by atoms with E-state index >= 15 is 0 Å². The smallest absolute Gasteiger partial charge is 0.264 e. The van der Waals surface area contributed by atoms with Gasteiger partial charge in [-0.3, -0.25) is 13.9 Å². The highest BCUT2D eigenvalue weighted by molar-refractivity contribution is 7.92. The third-order valence-corrected chi connectivity index (χ3v) is 8.61. The van der Waals surface area contributed by atoms with Gasteiger partial charge >= 0.3 is 0 Å². The van der Waals surface area contributed by atoms with Gasteiger partial charge in [0.2, 0.25) is 11.8 Å². The van der Waals surface area contributed by atoms with Crippen molar-refractivity contribution in [2.75, 3.05) is 24.5 Å². The van der Waals surface area contributed by atoms with Crippen LogP contribution in [-0.4, -0.2) is 57.4 Å². The van der Waals surface area contributed by atoms with E-state index in [9.17, 15) is 18.0 Å². The van der Waals surface area contributed by atoms with Crippen LogP contribution in [0, 0.1) is 6.92 Å². The van der Waals surface area contributed by atoms with Gasteiger partial charge in [-0.1, -0.05) is 66.6 Å². The van der Waals surface area contributed by atoms with Gasteiger partial charge in [0.05, 0.1) is 17.7 Å². The second-order valence-corrected chi connectivity index (χ2v) is 12.3. The van der Waals surface area contributed by atoms with Crippen molar-refractivity contribution in [2.45, 2.75) is 57.5 Å². The summed E-state index contributed by atoms with van der Waals surface area (Å²) in [5.41, 5.74) is 2.00. The molecule has 3 aromatic rings. The summed E-state index contributed by atoms with van der Waals surface area (Å²) in [6, 6.07) is 19.7. The number of amides is 2. The second kappa shape index (κ2) is 14.4. The highest BCUT2D eigenvalue weighted by Crippen LogP contribution is 2.35. The molecule has 2 amide bonds. The zero-order valence-corrected chi connectivity index (χ0v) is 25.7. The van der Waals surface area contributed by atoms with E-state index in [1.165, 1.54) is 30.2 Å². The van der Waals surface area contributed by atoms with Gasteiger partial charge in [-0.25, -0.2) is 8.42 Å². The van der Waals surface area contributed by atoms with Crippen molar-refractivity contribution in [1.82, 2.24) is 10.2 Å². The molecule has 0 aromatic heterocycles. The number of halogens is 1. The molecule has 41 heavy (non-hydrogen) atoms. The molecule has 0 spiro atoms. The zero-order valence-electron chi connectivity index (χ0n) is 24.1. The number of aryl methyl sites for hydroxylation is 1. The molecule has 0 aliphatic heterocycles. The fourth-order valence-corrected chi connectivity index (χ4v) is 6.07. The number of anilines is 1. The van der Waals surface area contributed by atoms with Gasteiger partial charge in [-0.2, -0.15) is 0 Å². The number of carbonyl (C=O) groups excluding carboxylic acids is 2. The molecule has 220 valence electrons. The summed E-state index contributed by atoms with van der Waals surface area (Å²) in [7, 11) is -2.82. The lowest BCUT2D eigenvalue weighted by Crippen LogP contribution is -2.54. The number of nitrogens with one attached hydrogen (secondary N) is 1. The molecule has 0 saturated carbocycles. The molecule has 0 bridgehead atoms. The first-order valence-electron chi connectivity index (χ1n) is 13.5. The van der Waals surface area contributed by atoms with Crippen LogP contribution in [0.5, 0.6) is 5.75 Å². The minimum absolute atomic E-state index is 0.0124. The number of carbonyl (C=O) groups is 2. The number of ether oxygens (including phenoxy) is 1. The molecule has 0 unspecified atom stereocenters. The maximum Gasteiger partial charge on any atom is 0.264 e. The Balaban J connectivity index is 2.08. The predicted molar refractivity (Wildman–Crippen MR) is 163 cm³/mol. The second-order valence-electron chi connectivity index (χ2n) is 10.1. The molecule has 8 nitrogen and oxygen atoms in total. The molecule has 3 rings (SSSR count). The van der Waals surface area contributed by atoms with E-state index in [4.69, 9.17) is 16.3 Å². The molecular weight excluding hydrogens is 562 g/mol. The highest BCUT2D eigenvalue weighted by Gasteiger charge is 2.34. The first-order chi connectivity index (χ1) is 19.5. The quantitative estimate of drug-likeness (QED) is 0.290. The normalized spacial score (nSPS) is 12.1. The number of hydrogen-bond donors (Lipinski definition) is 1. The van der Waals surface area contributed by atoms with Crippen LogP contribution in [0.2, 0.25) is 5.02 Å². The molecule has 3 aromatic carbocycles. The number of rotatable bonds is 13. The van der Waals surface area contributed by atoms with Gasteiger partial charge in [-0.05, 0) is 69.5 Å². The van der Waals surface area contributed by atoms with E-state index < -0.39 is 28.5 Å². The van der Waals surface area contributed by atoms with E-state index in [1.807, 2.05) is 58.0 Å². The van der Waals surface area contributed by atoms with E-state index in [-0.39, 0.29) is 39.8 Å². The van der Waals surface area contributed by atoms with E-state index in [2.05, 4.69) is 5.32 Å². The topological polar surface area (TPSA) is 96.0 Å². The number of benzene rings is 3. The van der Waals surface area contributed by atoms with Crippen molar-refractivity contribution < 1.29 is 22.7 Å².